The highest BCUT2D eigenvalue weighted by molar-refractivity contribution is 7.92. The van der Waals surface area contributed by atoms with Gasteiger partial charge in [-0.3, -0.25) is 13.9 Å². The molecule has 0 saturated carbocycles. The number of nitrogens with zero attached hydrogens (tertiary/aromatic N) is 2. The fourth-order valence-corrected chi connectivity index (χ4v) is 4.64. The van der Waals surface area contributed by atoms with Crippen molar-refractivity contribution < 1.29 is 18.0 Å². The number of hydrogen-bond donors (Lipinski definition) is 1. The van der Waals surface area contributed by atoms with E-state index < -0.39 is 22.0 Å². The maximum Gasteiger partial charge on any atom is 0.244 e. The van der Waals surface area contributed by atoms with Gasteiger partial charge >= 0.3 is 0 Å². The molecule has 0 saturated heterocycles. The Morgan fingerprint density at radius 3 is 2.18 bits per heavy atom. The lowest BCUT2D eigenvalue weighted by Gasteiger charge is -2.33. The number of anilines is 1. The summed E-state index contributed by atoms with van der Waals surface area (Å²) in [5.74, 6) is -0.667. The molecule has 34 heavy (non-hydrogen) atoms. The van der Waals surface area contributed by atoms with E-state index in [4.69, 9.17) is 0 Å². The third-order valence-electron chi connectivity index (χ3n) is 6.11. The maximum absolute atomic E-state index is 13.7. The van der Waals surface area contributed by atoms with Crippen molar-refractivity contribution in [3.63, 3.8) is 0 Å². The van der Waals surface area contributed by atoms with E-state index >= 15 is 0 Å². The van der Waals surface area contributed by atoms with Crippen LogP contribution < -0.4 is 9.62 Å². The van der Waals surface area contributed by atoms with Crippen LogP contribution in [0.25, 0.3) is 0 Å². The van der Waals surface area contributed by atoms with Crippen molar-refractivity contribution in [3.05, 3.63) is 65.2 Å². The van der Waals surface area contributed by atoms with Crippen LogP contribution in [0, 0.1) is 13.8 Å². The SMILES string of the molecule is CC[C@H](C(=O)N[C@@H](C)CC)N(Cc1ccccc1)C(=O)CN(c1cccc(C)c1C)S(C)(=O)=O. The molecule has 0 spiro atoms. The van der Waals surface area contributed by atoms with E-state index in [1.165, 1.54) is 4.90 Å². The van der Waals surface area contributed by atoms with Crippen LogP contribution in [-0.2, 0) is 26.2 Å². The van der Waals surface area contributed by atoms with Gasteiger partial charge in [0.25, 0.3) is 0 Å². The smallest absolute Gasteiger partial charge is 0.244 e. The molecule has 0 aromatic heterocycles. The molecule has 2 aromatic carbocycles. The number of sulfonamides is 1. The van der Waals surface area contributed by atoms with Crippen LogP contribution in [-0.4, -0.2) is 50.0 Å². The Morgan fingerprint density at radius 1 is 0.971 bits per heavy atom. The van der Waals surface area contributed by atoms with Crippen molar-refractivity contribution in [1.82, 2.24) is 10.2 Å². The summed E-state index contributed by atoms with van der Waals surface area (Å²) in [6.07, 6.45) is 2.27. The summed E-state index contributed by atoms with van der Waals surface area (Å²) in [5, 5.41) is 2.97. The summed E-state index contributed by atoms with van der Waals surface area (Å²) in [6, 6.07) is 14.0. The Balaban J connectivity index is 2.46. The molecule has 0 aliphatic carbocycles. The van der Waals surface area contributed by atoms with Crippen molar-refractivity contribution in [3.8, 4) is 0 Å². The van der Waals surface area contributed by atoms with E-state index in [0.29, 0.717) is 12.1 Å². The number of rotatable bonds is 11. The second-order valence-electron chi connectivity index (χ2n) is 8.74. The third-order valence-corrected chi connectivity index (χ3v) is 7.23. The Morgan fingerprint density at radius 2 is 1.62 bits per heavy atom. The van der Waals surface area contributed by atoms with Gasteiger partial charge in [-0.05, 0) is 56.4 Å². The van der Waals surface area contributed by atoms with Crippen LogP contribution in [0.5, 0.6) is 0 Å². The summed E-state index contributed by atoms with van der Waals surface area (Å²) < 4.78 is 26.6. The first-order valence-electron chi connectivity index (χ1n) is 11.7. The van der Waals surface area contributed by atoms with Gasteiger partial charge in [-0.25, -0.2) is 8.42 Å². The van der Waals surface area contributed by atoms with E-state index in [9.17, 15) is 18.0 Å². The molecule has 0 bridgehead atoms. The van der Waals surface area contributed by atoms with Crippen LogP contribution in [0.2, 0.25) is 0 Å². The van der Waals surface area contributed by atoms with Gasteiger partial charge in [-0.1, -0.05) is 56.3 Å². The second-order valence-corrected chi connectivity index (χ2v) is 10.6. The van der Waals surface area contributed by atoms with Crippen molar-refractivity contribution in [2.24, 2.45) is 0 Å². The van der Waals surface area contributed by atoms with Gasteiger partial charge in [0.15, 0.2) is 0 Å². The number of aryl methyl sites for hydroxylation is 1. The van der Waals surface area contributed by atoms with Crippen LogP contribution >= 0.6 is 0 Å². The minimum Gasteiger partial charge on any atom is -0.352 e. The number of amides is 2. The molecule has 186 valence electrons. The number of hydrogen-bond acceptors (Lipinski definition) is 4. The molecule has 8 heteroatoms. The van der Waals surface area contributed by atoms with Crippen LogP contribution in [0.15, 0.2) is 48.5 Å². The Hall–Kier alpha value is -2.87. The zero-order valence-electron chi connectivity index (χ0n) is 21.0. The molecule has 0 radical (unpaired) electrons. The van der Waals surface area contributed by atoms with Gasteiger partial charge in [-0.2, -0.15) is 0 Å². The monoisotopic (exact) mass is 487 g/mol. The normalized spacial score (nSPS) is 13.1. The quantitative estimate of drug-likeness (QED) is 0.522. The molecule has 2 amide bonds. The minimum absolute atomic E-state index is 0.0299. The van der Waals surface area contributed by atoms with Crippen LogP contribution in [0.3, 0.4) is 0 Å². The van der Waals surface area contributed by atoms with E-state index in [0.717, 1.165) is 33.7 Å². The molecule has 1 N–H and O–H groups in total. The summed E-state index contributed by atoms with van der Waals surface area (Å²) in [6.45, 7) is 9.30. The summed E-state index contributed by atoms with van der Waals surface area (Å²) in [5.41, 5.74) is 3.05. The highest BCUT2D eigenvalue weighted by atomic mass is 32.2. The van der Waals surface area contributed by atoms with Crippen molar-refractivity contribution in [1.29, 1.82) is 0 Å². The molecule has 2 aromatic rings. The zero-order valence-corrected chi connectivity index (χ0v) is 21.9. The number of carbonyl (C=O) groups excluding carboxylic acids is 2. The van der Waals surface area contributed by atoms with Gasteiger partial charge in [0, 0.05) is 12.6 Å². The van der Waals surface area contributed by atoms with Crippen molar-refractivity contribution in [2.45, 2.75) is 66.1 Å². The first kappa shape index (κ1) is 27.4. The highest BCUT2D eigenvalue weighted by Gasteiger charge is 2.32. The molecule has 7 nitrogen and oxygen atoms in total. The lowest BCUT2D eigenvalue weighted by molar-refractivity contribution is -0.140. The van der Waals surface area contributed by atoms with E-state index in [-0.39, 0.29) is 25.0 Å². The molecule has 0 aliphatic heterocycles. The second kappa shape index (κ2) is 12.0. The first-order chi connectivity index (χ1) is 16.0. The molecule has 2 atom stereocenters. The molecule has 0 heterocycles. The predicted octanol–water partition coefficient (Wildman–Crippen LogP) is 3.79. The van der Waals surface area contributed by atoms with Gasteiger partial charge in [-0.15, -0.1) is 0 Å². The molecule has 0 unspecified atom stereocenters. The molecule has 0 aliphatic rings. The number of nitrogens with one attached hydrogen (secondary N) is 1. The van der Waals surface area contributed by atoms with Crippen molar-refractivity contribution in [2.75, 3.05) is 17.1 Å². The molecular weight excluding hydrogens is 450 g/mol. The topological polar surface area (TPSA) is 86.8 Å². The van der Waals surface area contributed by atoms with E-state index in [1.807, 2.05) is 71.0 Å². The molecule has 2 rings (SSSR count). The predicted molar refractivity (Wildman–Crippen MR) is 137 cm³/mol. The molecule has 0 fully saturated rings. The standard InChI is InChI=1S/C26H37N3O4S/c1-7-20(4)27-26(31)23(8-2)28(17-22-14-10-9-11-15-22)25(30)18-29(34(6,32)33)24-16-12-13-19(3)21(24)5/h9-16,20,23H,7-8,17-18H2,1-6H3,(H,27,31)/t20-,23+/m0/s1. The van der Waals surface area contributed by atoms with Gasteiger partial charge < -0.3 is 10.2 Å². The Kier molecular flexibility index (Phi) is 9.67. The fraction of sp³-hybridized carbons (Fsp3) is 0.462. The van der Waals surface area contributed by atoms with E-state index in [2.05, 4.69) is 5.32 Å². The lowest BCUT2D eigenvalue weighted by atomic mass is 10.1. The largest absolute Gasteiger partial charge is 0.352 e. The van der Waals surface area contributed by atoms with Gasteiger partial charge in [0.1, 0.15) is 12.6 Å². The lowest BCUT2D eigenvalue weighted by Crippen LogP contribution is -2.53. The van der Waals surface area contributed by atoms with Gasteiger partial charge in [0.2, 0.25) is 21.8 Å². The fourth-order valence-electron chi connectivity index (χ4n) is 3.74. The summed E-state index contributed by atoms with van der Waals surface area (Å²) in [7, 11) is -3.75. The van der Waals surface area contributed by atoms with Gasteiger partial charge in [0.05, 0.1) is 11.9 Å². The summed E-state index contributed by atoms with van der Waals surface area (Å²) in [4.78, 5) is 28.3. The van der Waals surface area contributed by atoms with Crippen LogP contribution in [0.1, 0.15) is 50.3 Å². The van der Waals surface area contributed by atoms with Crippen molar-refractivity contribution >= 4 is 27.5 Å². The maximum atomic E-state index is 13.7. The third kappa shape index (κ3) is 7.06. The Bertz CT molecular complexity index is 1090. The van der Waals surface area contributed by atoms with Crippen LogP contribution in [0.4, 0.5) is 5.69 Å². The Labute approximate surface area is 204 Å². The number of benzene rings is 2. The zero-order chi connectivity index (χ0) is 25.5. The average molecular weight is 488 g/mol. The highest BCUT2D eigenvalue weighted by Crippen LogP contribution is 2.25. The summed E-state index contributed by atoms with van der Waals surface area (Å²) >= 11 is 0. The minimum atomic E-state index is -3.75. The average Bonchev–Trinajstić information content (AvgIpc) is 2.79. The first-order valence-corrected chi connectivity index (χ1v) is 13.5. The number of carbonyl (C=O) groups is 2. The van der Waals surface area contributed by atoms with E-state index in [1.54, 1.807) is 12.1 Å². The molecular formula is C26H37N3O4S.